The smallest absolute Gasteiger partial charge is 0.0348 e. The molecule has 0 aliphatic carbocycles. The van der Waals surface area contributed by atoms with Gasteiger partial charge in [0.15, 0.2) is 0 Å². The maximum atomic E-state index is 2.28. The zero-order valence-electron chi connectivity index (χ0n) is 9.22. The van der Waals surface area contributed by atoms with Crippen LogP contribution in [0.3, 0.4) is 0 Å². The summed E-state index contributed by atoms with van der Waals surface area (Å²) in [5, 5.41) is 1.42. The second kappa shape index (κ2) is 3.09. The van der Waals surface area contributed by atoms with Gasteiger partial charge in [0, 0.05) is 9.58 Å². The largest absolute Gasteiger partial charge is 0.139 e. The van der Waals surface area contributed by atoms with Gasteiger partial charge in [-0.25, -0.2) is 0 Å². The van der Waals surface area contributed by atoms with E-state index in [4.69, 9.17) is 0 Å². The van der Waals surface area contributed by atoms with Crippen LogP contribution in [0.4, 0.5) is 0 Å². The quantitative estimate of drug-likeness (QED) is 0.592. The molecule has 0 bridgehead atoms. The van der Waals surface area contributed by atoms with Crippen molar-refractivity contribution in [2.75, 3.05) is 0 Å². The van der Waals surface area contributed by atoms with Crippen LogP contribution in [0.2, 0.25) is 0 Å². The fraction of sp³-hybridized carbons (Fsp3) is 0.385. The van der Waals surface area contributed by atoms with E-state index in [1.807, 2.05) is 11.3 Å². The third kappa shape index (κ3) is 1.46. The lowest BCUT2D eigenvalue weighted by Crippen LogP contribution is -2.09. The molecular weight excluding hydrogens is 188 g/mol. The number of rotatable bonds is 0. The van der Waals surface area contributed by atoms with E-state index in [-0.39, 0.29) is 5.41 Å². The number of hydrogen-bond donors (Lipinski definition) is 0. The average Bonchev–Trinajstić information content (AvgIpc) is 2.44. The Hall–Kier alpha value is -0.820. The summed E-state index contributed by atoms with van der Waals surface area (Å²) in [7, 11) is 0. The van der Waals surface area contributed by atoms with E-state index in [9.17, 15) is 0 Å². The van der Waals surface area contributed by atoms with Gasteiger partial charge in [0.05, 0.1) is 0 Å². The predicted molar refractivity (Wildman–Crippen MR) is 65.3 cm³/mol. The molecule has 0 amide bonds. The molecule has 0 spiro atoms. The first-order valence-electron chi connectivity index (χ1n) is 4.99. The predicted octanol–water partition coefficient (Wildman–Crippen LogP) is 4.51. The summed E-state index contributed by atoms with van der Waals surface area (Å²) < 4.78 is 1.41. The highest BCUT2D eigenvalue weighted by Crippen LogP contribution is 2.37. The van der Waals surface area contributed by atoms with Crippen LogP contribution in [0.5, 0.6) is 0 Å². The first-order valence-corrected chi connectivity index (χ1v) is 5.80. The van der Waals surface area contributed by atoms with Crippen LogP contribution in [0.1, 0.15) is 31.2 Å². The van der Waals surface area contributed by atoms with Crippen LogP contribution in [-0.4, -0.2) is 0 Å². The SMILES string of the molecule is Cc1c(C(C)(C)C)sc2ccccc12. The highest BCUT2D eigenvalue weighted by molar-refractivity contribution is 7.19. The van der Waals surface area contributed by atoms with Crippen molar-refractivity contribution < 1.29 is 0 Å². The molecule has 1 heteroatoms. The highest BCUT2D eigenvalue weighted by Gasteiger charge is 2.20. The molecule has 0 nitrogen and oxygen atoms in total. The van der Waals surface area contributed by atoms with E-state index >= 15 is 0 Å². The summed E-state index contributed by atoms with van der Waals surface area (Å²) in [6.45, 7) is 9.08. The van der Waals surface area contributed by atoms with Crippen molar-refractivity contribution in [3.05, 3.63) is 34.7 Å². The van der Waals surface area contributed by atoms with Gasteiger partial charge in [0.25, 0.3) is 0 Å². The van der Waals surface area contributed by atoms with E-state index in [2.05, 4.69) is 52.0 Å². The van der Waals surface area contributed by atoms with Crippen molar-refractivity contribution in [3.8, 4) is 0 Å². The Kier molecular flexibility index (Phi) is 2.15. The van der Waals surface area contributed by atoms with Crippen LogP contribution in [0, 0.1) is 6.92 Å². The molecule has 0 saturated carbocycles. The summed E-state index contributed by atoms with van der Waals surface area (Å²) >= 11 is 1.93. The summed E-state index contributed by atoms with van der Waals surface area (Å²) in [6, 6.07) is 8.66. The van der Waals surface area contributed by atoms with Crippen LogP contribution in [0.25, 0.3) is 10.1 Å². The fourth-order valence-corrected chi connectivity index (χ4v) is 3.16. The maximum absolute atomic E-state index is 2.28. The van der Waals surface area contributed by atoms with Gasteiger partial charge in [-0.15, -0.1) is 11.3 Å². The van der Waals surface area contributed by atoms with Gasteiger partial charge in [-0.05, 0) is 29.4 Å². The summed E-state index contributed by atoms with van der Waals surface area (Å²) in [4.78, 5) is 1.51. The van der Waals surface area contributed by atoms with Crippen LogP contribution in [-0.2, 0) is 5.41 Å². The maximum Gasteiger partial charge on any atom is 0.0348 e. The Morgan fingerprint density at radius 3 is 2.29 bits per heavy atom. The molecule has 0 unspecified atom stereocenters. The molecule has 74 valence electrons. The molecule has 0 radical (unpaired) electrons. The Morgan fingerprint density at radius 2 is 1.71 bits per heavy atom. The van der Waals surface area contributed by atoms with Crippen molar-refractivity contribution in [3.63, 3.8) is 0 Å². The van der Waals surface area contributed by atoms with Gasteiger partial charge in [0.1, 0.15) is 0 Å². The molecule has 0 fully saturated rings. The molecule has 2 aromatic rings. The van der Waals surface area contributed by atoms with Crippen molar-refractivity contribution in [1.29, 1.82) is 0 Å². The van der Waals surface area contributed by atoms with Crippen LogP contribution < -0.4 is 0 Å². The van der Waals surface area contributed by atoms with E-state index in [1.165, 1.54) is 20.5 Å². The molecule has 14 heavy (non-hydrogen) atoms. The zero-order valence-corrected chi connectivity index (χ0v) is 10.0. The normalized spacial score (nSPS) is 12.3. The summed E-state index contributed by atoms with van der Waals surface area (Å²) in [5.74, 6) is 0. The summed E-state index contributed by atoms with van der Waals surface area (Å²) in [5.41, 5.74) is 1.73. The Morgan fingerprint density at radius 1 is 1.07 bits per heavy atom. The van der Waals surface area contributed by atoms with Gasteiger partial charge in [-0.2, -0.15) is 0 Å². The molecule has 1 heterocycles. The van der Waals surface area contributed by atoms with Gasteiger partial charge in [0.2, 0.25) is 0 Å². The van der Waals surface area contributed by atoms with Gasteiger partial charge >= 0.3 is 0 Å². The van der Waals surface area contributed by atoms with E-state index in [1.54, 1.807) is 0 Å². The van der Waals surface area contributed by atoms with Crippen LogP contribution >= 0.6 is 11.3 Å². The number of aryl methyl sites for hydroxylation is 1. The van der Waals surface area contributed by atoms with E-state index in [0.29, 0.717) is 0 Å². The lowest BCUT2D eigenvalue weighted by atomic mass is 9.91. The molecule has 0 aliphatic rings. The van der Waals surface area contributed by atoms with Crippen molar-refractivity contribution in [2.24, 2.45) is 0 Å². The summed E-state index contributed by atoms with van der Waals surface area (Å²) in [6.07, 6.45) is 0. The molecule has 2 rings (SSSR count). The second-order valence-electron chi connectivity index (χ2n) is 4.80. The number of thiophene rings is 1. The van der Waals surface area contributed by atoms with Gasteiger partial charge in [-0.1, -0.05) is 39.0 Å². The molecule has 0 N–H and O–H groups in total. The third-order valence-electron chi connectivity index (χ3n) is 2.52. The molecule has 1 aromatic carbocycles. The zero-order chi connectivity index (χ0) is 10.3. The monoisotopic (exact) mass is 204 g/mol. The molecule has 1 aromatic heterocycles. The highest BCUT2D eigenvalue weighted by atomic mass is 32.1. The number of hydrogen-bond acceptors (Lipinski definition) is 1. The average molecular weight is 204 g/mol. The minimum absolute atomic E-state index is 0.272. The minimum Gasteiger partial charge on any atom is -0.139 e. The number of benzene rings is 1. The fourth-order valence-electron chi connectivity index (χ4n) is 1.89. The molecule has 0 saturated heterocycles. The topological polar surface area (TPSA) is 0 Å². The van der Waals surface area contributed by atoms with Gasteiger partial charge in [-0.3, -0.25) is 0 Å². The molecular formula is C13H16S. The Balaban J connectivity index is 2.75. The lowest BCUT2D eigenvalue weighted by Gasteiger charge is -2.17. The third-order valence-corrected chi connectivity index (χ3v) is 4.22. The van der Waals surface area contributed by atoms with Crippen molar-refractivity contribution in [2.45, 2.75) is 33.1 Å². The lowest BCUT2D eigenvalue weighted by molar-refractivity contribution is 0.601. The van der Waals surface area contributed by atoms with Gasteiger partial charge < -0.3 is 0 Å². The molecule has 0 atom stereocenters. The standard InChI is InChI=1S/C13H16S/c1-9-10-7-5-6-8-11(10)14-12(9)13(2,3)4/h5-8H,1-4H3. The van der Waals surface area contributed by atoms with Crippen LogP contribution in [0.15, 0.2) is 24.3 Å². The van der Waals surface area contributed by atoms with E-state index in [0.717, 1.165) is 0 Å². The van der Waals surface area contributed by atoms with Crippen molar-refractivity contribution in [1.82, 2.24) is 0 Å². The van der Waals surface area contributed by atoms with Crippen molar-refractivity contribution >= 4 is 21.4 Å². The minimum atomic E-state index is 0.272. The Labute approximate surface area is 89.6 Å². The second-order valence-corrected chi connectivity index (χ2v) is 5.85. The first-order chi connectivity index (χ1) is 6.50. The van der Waals surface area contributed by atoms with E-state index < -0.39 is 0 Å². The first kappa shape index (κ1) is 9.72. The number of fused-ring (bicyclic) bond motifs is 1. The molecule has 0 aliphatic heterocycles. The Bertz CT molecular complexity index is 458.